The summed E-state index contributed by atoms with van der Waals surface area (Å²) < 4.78 is 59.2. The molecule has 0 amide bonds. The van der Waals surface area contributed by atoms with Crippen LogP contribution in [0.25, 0.3) is 10.8 Å². The Bertz CT molecular complexity index is 1030. The van der Waals surface area contributed by atoms with E-state index in [1.54, 1.807) is 0 Å². The molecule has 0 spiro atoms. The summed E-state index contributed by atoms with van der Waals surface area (Å²) in [5.74, 6) is -1.79. The molecule has 0 radical (unpaired) electrons. The summed E-state index contributed by atoms with van der Waals surface area (Å²) in [5, 5.41) is 9.84. The molecule has 0 N–H and O–H groups in total. The number of rotatable bonds is 4. The molecule has 0 aliphatic carbocycles. The monoisotopic (exact) mass is 397 g/mol. The van der Waals surface area contributed by atoms with E-state index in [0.29, 0.717) is 24.8 Å². The van der Waals surface area contributed by atoms with E-state index in [4.69, 9.17) is 4.42 Å². The molecule has 3 heterocycles. The number of benzene rings is 1. The van der Waals surface area contributed by atoms with Crippen LogP contribution >= 0.6 is 11.3 Å². The van der Waals surface area contributed by atoms with E-state index in [0.717, 1.165) is 17.0 Å². The molecule has 1 aliphatic heterocycles. The molecule has 0 unspecified atom stereocenters. The Balaban J connectivity index is 1.67. The third kappa shape index (κ3) is 2.93. The van der Waals surface area contributed by atoms with Gasteiger partial charge in [0.2, 0.25) is 15.9 Å². The summed E-state index contributed by atoms with van der Waals surface area (Å²) in [6.45, 7) is 0.239. The van der Waals surface area contributed by atoms with Crippen molar-refractivity contribution in [3.8, 4) is 10.8 Å². The molecular weight excluding hydrogens is 384 g/mol. The van der Waals surface area contributed by atoms with Crippen LogP contribution in [0.15, 0.2) is 45.0 Å². The Morgan fingerprint density at radius 2 is 2.04 bits per heavy atom. The summed E-state index contributed by atoms with van der Waals surface area (Å²) in [4.78, 5) is 0.484. The lowest BCUT2D eigenvalue weighted by Crippen LogP contribution is -2.31. The normalized spacial score (nSPS) is 18.5. The lowest BCUT2D eigenvalue weighted by molar-refractivity contribution is 0.332. The Morgan fingerprint density at radius 1 is 1.19 bits per heavy atom. The summed E-state index contributed by atoms with van der Waals surface area (Å²) in [7, 11) is -4.02. The molecule has 1 aromatic carbocycles. The fraction of sp³-hybridized carbons (Fsp3) is 0.250. The van der Waals surface area contributed by atoms with Crippen LogP contribution in [0.5, 0.6) is 0 Å². The van der Waals surface area contributed by atoms with Crippen LogP contribution in [0, 0.1) is 11.6 Å². The van der Waals surface area contributed by atoms with E-state index in [-0.39, 0.29) is 17.3 Å². The van der Waals surface area contributed by atoms with E-state index in [2.05, 4.69) is 10.2 Å². The lowest BCUT2D eigenvalue weighted by atomic mass is 10.2. The number of halogens is 2. The topological polar surface area (TPSA) is 76.3 Å². The van der Waals surface area contributed by atoms with Crippen molar-refractivity contribution in [2.75, 3.05) is 6.54 Å². The zero-order valence-electron chi connectivity index (χ0n) is 13.3. The molecule has 0 bridgehead atoms. The number of thiophene rings is 1. The van der Waals surface area contributed by atoms with Crippen LogP contribution in [-0.2, 0) is 10.0 Å². The van der Waals surface area contributed by atoms with Crippen molar-refractivity contribution in [2.45, 2.75) is 23.8 Å². The predicted molar refractivity (Wildman–Crippen MR) is 89.8 cm³/mol. The number of sulfonamides is 1. The average Bonchev–Trinajstić information content (AvgIpc) is 3.36. The number of hydrogen-bond acceptors (Lipinski definition) is 6. The van der Waals surface area contributed by atoms with Crippen LogP contribution in [0.1, 0.15) is 24.8 Å². The van der Waals surface area contributed by atoms with Crippen LogP contribution in [0.3, 0.4) is 0 Å². The maximum Gasteiger partial charge on any atom is 0.257 e. The summed E-state index contributed by atoms with van der Waals surface area (Å²) in [5.41, 5.74) is 0. The minimum atomic E-state index is -4.02. The summed E-state index contributed by atoms with van der Waals surface area (Å²) in [6, 6.07) is 5.58. The van der Waals surface area contributed by atoms with Crippen LogP contribution in [0.2, 0.25) is 0 Å². The third-order valence-corrected chi connectivity index (χ3v) is 6.92. The van der Waals surface area contributed by atoms with Crippen molar-refractivity contribution in [3.63, 3.8) is 0 Å². The molecule has 136 valence electrons. The van der Waals surface area contributed by atoms with Gasteiger partial charge in [0.25, 0.3) is 5.89 Å². The predicted octanol–water partition coefficient (Wildman–Crippen LogP) is 3.60. The van der Waals surface area contributed by atoms with Gasteiger partial charge in [0.1, 0.15) is 6.04 Å². The van der Waals surface area contributed by atoms with Gasteiger partial charge in [0.05, 0.1) is 9.77 Å². The molecule has 1 atom stereocenters. The minimum absolute atomic E-state index is 0.192. The maximum atomic E-state index is 13.5. The van der Waals surface area contributed by atoms with Gasteiger partial charge in [-0.15, -0.1) is 21.5 Å². The molecule has 3 aromatic rings. The van der Waals surface area contributed by atoms with Crippen LogP contribution in [0.4, 0.5) is 8.78 Å². The standard InChI is InChI=1S/C16H13F2N3O3S2/c17-11-6-5-10(9-12(11)18)26(22,23)21-7-1-3-13(21)15-19-20-16(24-15)14-4-2-8-25-14/h2,4-6,8-9,13H,1,3,7H2/t13-/m0/s1. The largest absolute Gasteiger partial charge is 0.418 e. The Kier molecular flexibility index (Phi) is 4.33. The second kappa shape index (κ2) is 6.53. The van der Waals surface area contributed by atoms with Crippen LogP contribution < -0.4 is 0 Å². The van der Waals surface area contributed by atoms with Gasteiger partial charge in [-0.25, -0.2) is 17.2 Å². The van der Waals surface area contributed by atoms with Gasteiger partial charge in [0.15, 0.2) is 11.6 Å². The van der Waals surface area contributed by atoms with Crippen molar-refractivity contribution in [1.29, 1.82) is 0 Å². The van der Waals surface area contributed by atoms with Gasteiger partial charge in [-0.3, -0.25) is 0 Å². The zero-order valence-corrected chi connectivity index (χ0v) is 14.9. The van der Waals surface area contributed by atoms with E-state index in [1.807, 2.05) is 17.5 Å². The second-order valence-corrected chi connectivity index (χ2v) is 8.61. The Hall–Kier alpha value is -2.17. The van der Waals surface area contributed by atoms with Crippen molar-refractivity contribution in [3.05, 3.63) is 53.2 Å². The van der Waals surface area contributed by atoms with Gasteiger partial charge in [-0.05, 0) is 42.5 Å². The van der Waals surface area contributed by atoms with E-state index < -0.39 is 27.7 Å². The van der Waals surface area contributed by atoms with Gasteiger partial charge >= 0.3 is 0 Å². The fourth-order valence-electron chi connectivity index (χ4n) is 2.92. The first kappa shape index (κ1) is 17.3. The highest BCUT2D eigenvalue weighted by Gasteiger charge is 2.39. The molecule has 2 aromatic heterocycles. The van der Waals surface area contributed by atoms with Crippen molar-refractivity contribution in [1.82, 2.24) is 14.5 Å². The van der Waals surface area contributed by atoms with Gasteiger partial charge in [-0.1, -0.05) is 6.07 Å². The fourth-order valence-corrected chi connectivity index (χ4v) is 5.22. The first-order valence-electron chi connectivity index (χ1n) is 7.81. The number of hydrogen-bond donors (Lipinski definition) is 0. The number of aromatic nitrogens is 2. The summed E-state index contributed by atoms with van der Waals surface area (Å²) in [6.07, 6.45) is 1.11. The van der Waals surface area contributed by atoms with Crippen molar-refractivity contribution >= 4 is 21.4 Å². The smallest absolute Gasteiger partial charge is 0.257 e. The first-order valence-corrected chi connectivity index (χ1v) is 10.1. The second-order valence-electron chi connectivity index (χ2n) is 5.77. The van der Waals surface area contributed by atoms with E-state index in [9.17, 15) is 17.2 Å². The average molecular weight is 397 g/mol. The highest BCUT2D eigenvalue weighted by molar-refractivity contribution is 7.89. The van der Waals surface area contributed by atoms with Gasteiger partial charge in [0, 0.05) is 6.54 Å². The molecule has 4 rings (SSSR count). The molecular formula is C16H13F2N3O3S2. The van der Waals surface area contributed by atoms with E-state index >= 15 is 0 Å². The van der Waals surface area contributed by atoms with Gasteiger partial charge in [-0.2, -0.15) is 4.31 Å². The van der Waals surface area contributed by atoms with Gasteiger partial charge < -0.3 is 4.42 Å². The molecule has 1 saturated heterocycles. The molecule has 26 heavy (non-hydrogen) atoms. The zero-order chi connectivity index (χ0) is 18.3. The molecule has 6 nitrogen and oxygen atoms in total. The highest BCUT2D eigenvalue weighted by Crippen LogP contribution is 2.37. The highest BCUT2D eigenvalue weighted by atomic mass is 32.2. The van der Waals surface area contributed by atoms with Crippen molar-refractivity contribution < 1.29 is 21.6 Å². The number of nitrogens with zero attached hydrogens (tertiary/aromatic N) is 3. The first-order chi connectivity index (χ1) is 12.5. The molecule has 0 saturated carbocycles. The summed E-state index contributed by atoms with van der Waals surface area (Å²) >= 11 is 1.43. The Labute approximate surface area is 152 Å². The SMILES string of the molecule is O=S(=O)(c1ccc(F)c(F)c1)N1CCC[C@H]1c1nnc(-c2cccs2)o1. The Morgan fingerprint density at radius 3 is 2.77 bits per heavy atom. The molecule has 1 aliphatic rings. The maximum absolute atomic E-state index is 13.5. The minimum Gasteiger partial charge on any atom is -0.418 e. The van der Waals surface area contributed by atoms with E-state index in [1.165, 1.54) is 15.6 Å². The van der Waals surface area contributed by atoms with Crippen LogP contribution in [-0.4, -0.2) is 29.5 Å². The third-order valence-electron chi connectivity index (χ3n) is 4.16. The molecule has 10 heteroatoms. The lowest BCUT2D eigenvalue weighted by Gasteiger charge is -2.21. The van der Waals surface area contributed by atoms with Crippen molar-refractivity contribution in [2.24, 2.45) is 0 Å². The molecule has 1 fully saturated rings. The quantitative estimate of drug-likeness (QED) is 0.672.